The van der Waals surface area contributed by atoms with Gasteiger partial charge >= 0.3 is 11.9 Å². The summed E-state index contributed by atoms with van der Waals surface area (Å²) >= 11 is 2.73. The smallest absolute Gasteiger partial charge is 0.326 e. The number of aryl methyl sites for hydroxylation is 1. The van der Waals surface area contributed by atoms with Gasteiger partial charge in [0.05, 0.1) is 11.4 Å². The number of thioether (sulfide) groups is 1. The number of carboxylic acids is 2. The van der Waals surface area contributed by atoms with Gasteiger partial charge in [-0.25, -0.2) is 4.79 Å². The molecule has 3 heterocycles. The molecule has 13 heteroatoms. The van der Waals surface area contributed by atoms with E-state index in [9.17, 15) is 24.3 Å². The van der Waals surface area contributed by atoms with Gasteiger partial charge in [-0.05, 0) is 31.4 Å². The molecule has 3 atom stereocenters. The predicted octanol–water partition coefficient (Wildman–Crippen LogP) is 0.0555. The Morgan fingerprint density at radius 1 is 1.32 bits per heavy atom. The lowest BCUT2D eigenvalue weighted by Crippen LogP contribution is -2.51. The quantitative estimate of drug-likeness (QED) is 0.337. The van der Waals surface area contributed by atoms with E-state index in [-0.39, 0.29) is 30.0 Å². The highest BCUT2D eigenvalue weighted by molar-refractivity contribution is 8.02. The molecule has 11 nitrogen and oxygen atoms in total. The number of aliphatic imine (C=N–C) groups is 2. The van der Waals surface area contributed by atoms with E-state index in [0.29, 0.717) is 23.7 Å². The SMILES string of the molecule is NC1=NC2=NC[C@@H](CCc3ccc(C(=O)N[C@@H](CCC(=O)O)C(=O)O)s3)SC2C(=O)N1. The maximum atomic E-state index is 12.3. The van der Waals surface area contributed by atoms with Gasteiger partial charge < -0.3 is 21.3 Å². The summed E-state index contributed by atoms with van der Waals surface area (Å²) in [4.78, 5) is 56.0. The molecule has 1 aromatic heterocycles. The zero-order valence-corrected chi connectivity index (χ0v) is 17.9. The van der Waals surface area contributed by atoms with Crippen LogP contribution in [0.15, 0.2) is 22.1 Å². The molecule has 0 spiro atoms. The third-order valence-electron chi connectivity index (χ3n) is 4.59. The van der Waals surface area contributed by atoms with E-state index in [4.69, 9.17) is 10.8 Å². The maximum Gasteiger partial charge on any atom is 0.326 e. The Kier molecular flexibility index (Phi) is 7.28. The van der Waals surface area contributed by atoms with Gasteiger partial charge in [-0.3, -0.25) is 24.7 Å². The minimum Gasteiger partial charge on any atom is -0.481 e. The summed E-state index contributed by atoms with van der Waals surface area (Å²) in [6.45, 7) is 0.517. The van der Waals surface area contributed by atoms with E-state index in [2.05, 4.69) is 20.6 Å². The van der Waals surface area contributed by atoms with E-state index >= 15 is 0 Å². The first kappa shape index (κ1) is 22.7. The summed E-state index contributed by atoms with van der Waals surface area (Å²) in [6, 6.07) is 2.15. The highest BCUT2D eigenvalue weighted by Crippen LogP contribution is 2.30. The first-order valence-corrected chi connectivity index (χ1v) is 11.2. The molecule has 6 N–H and O–H groups in total. The molecule has 166 valence electrons. The zero-order chi connectivity index (χ0) is 22.5. The topological polar surface area (TPSA) is 184 Å². The molecule has 3 rings (SSSR count). The second kappa shape index (κ2) is 9.92. The van der Waals surface area contributed by atoms with E-state index in [1.54, 1.807) is 12.1 Å². The summed E-state index contributed by atoms with van der Waals surface area (Å²) in [5.41, 5.74) is 5.54. The number of rotatable bonds is 9. The van der Waals surface area contributed by atoms with Gasteiger partial charge in [0, 0.05) is 16.5 Å². The second-order valence-corrected chi connectivity index (χ2v) is 9.50. The Morgan fingerprint density at radius 3 is 2.81 bits per heavy atom. The molecule has 0 radical (unpaired) electrons. The van der Waals surface area contributed by atoms with Crippen molar-refractivity contribution in [3.8, 4) is 0 Å². The molecule has 1 aromatic rings. The van der Waals surface area contributed by atoms with Crippen LogP contribution in [0.4, 0.5) is 0 Å². The van der Waals surface area contributed by atoms with Crippen molar-refractivity contribution in [1.29, 1.82) is 0 Å². The number of fused-ring (bicyclic) bond motifs is 1. The first-order chi connectivity index (χ1) is 14.7. The number of nitrogens with zero attached hydrogens (tertiary/aromatic N) is 2. The monoisotopic (exact) mass is 467 g/mol. The number of thiophene rings is 1. The molecule has 0 aliphatic carbocycles. The predicted molar refractivity (Wildman–Crippen MR) is 116 cm³/mol. The van der Waals surface area contributed by atoms with Crippen molar-refractivity contribution in [3.05, 3.63) is 21.9 Å². The minimum absolute atomic E-state index is 0.0524. The molecule has 1 unspecified atom stereocenters. The number of carboxylic acid groups (broad SMARTS) is 2. The van der Waals surface area contributed by atoms with Crippen molar-refractivity contribution >= 4 is 58.6 Å². The molecular formula is C18H21N5O6S2. The fourth-order valence-corrected chi connectivity index (χ4v) is 5.20. The number of amides is 2. The average Bonchev–Trinajstić information content (AvgIpc) is 3.18. The number of hydrogen-bond acceptors (Lipinski definition) is 9. The van der Waals surface area contributed by atoms with Crippen LogP contribution in [0.2, 0.25) is 0 Å². The number of guanidine groups is 1. The molecule has 0 fully saturated rings. The highest BCUT2D eigenvalue weighted by atomic mass is 32.2. The number of carbonyl (C=O) groups is 4. The molecule has 2 aliphatic heterocycles. The van der Waals surface area contributed by atoms with Gasteiger partial charge in [-0.1, -0.05) is 0 Å². The summed E-state index contributed by atoms with van der Waals surface area (Å²) < 4.78 is 0. The number of hydrogen-bond donors (Lipinski definition) is 5. The molecule has 0 aromatic carbocycles. The summed E-state index contributed by atoms with van der Waals surface area (Å²) in [5, 5.41) is 22.4. The fraction of sp³-hybridized carbons (Fsp3) is 0.444. The molecular weight excluding hydrogens is 446 g/mol. The van der Waals surface area contributed by atoms with Crippen molar-refractivity contribution in [2.45, 2.75) is 42.2 Å². The van der Waals surface area contributed by atoms with Crippen molar-refractivity contribution in [3.63, 3.8) is 0 Å². The Bertz CT molecular complexity index is 959. The van der Waals surface area contributed by atoms with Crippen molar-refractivity contribution < 1.29 is 29.4 Å². The lowest BCUT2D eigenvalue weighted by atomic mass is 10.1. The van der Waals surface area contributed by atoms with Crippen LogP contribution in [0.25, 0.3) is 0 Å². The van der Waals surface area contributed by atoms with E-state index in [1.165, 1.54) is 23.1 Å². The van der Waals surface area contributed by atoms with Gasteiger partial charge in [0.1, 0.15) is 17.1 Å². The zero-order valence-electron chi connectivity index (χ0n) is 16.2. The largest absolute Gasteiger partial charge is 0.481 e. The summed E-state index contributed by atoms with van der Waals surface area (Å²) in [5.74, 6) is -2.70. The molecule has 0 saturated carbocycles. The second-order valence-electron chi connectivity index (χ2n) is 6.92. The van der Waals surface area contributed by atoms with Crippen LogP contribution in [0.3, 0.4) is 0 Å². The fourth-order valence-electron chi connectivity index (χ4n) is 3.04. The van der Waals surface area contributed by atoms with Crippen LogP contribution >= 0.6 is 23.1 Å². The van der Waals surface area contributed by atoms with Crippen molar-refractivity contribution in [1.82, 2.24) is 10.6 Å². The van der Waals surface area contributed by atoms with Gasteiger partial charge in [-0.15, -0.1) is 23.1 Å². The number of nitrogens with one attached hydrogen (secondary N) is 2. The van der Waals surface area contributed by atoms with Gasteiger partial charge in [0.2, 0.25) is 11.9 Å². The number of nitrogens with two attached hydrogens (primary N) is 1. The summed E-state index contributed by atoms with van der Waals surface area (Å²) in [6.07, 6.45) is 0.859. The molecule has 2 amide bonds. The van der Waals surface area contributed by atoms with Crippen LogP contribution in [-0.4, -0.2) is 68.8 Å². The lowest BCUT2D eigenvalue weighted by Gasteiger charge is -2.28. The Hall–Kier alpha value is -2.93. The highest BCUT2D eigenvalue weighted by Gasteiger charge is 2.35. The van der Waals surface area contributed by atoms with Crippen molar-refractivity contribution in [2.24, 2.45) is 15.7 Å². The Morgan fingerprint density at radius 2 is 2.10 bits per heavy atom. The van der Waals surface area contributed by atoms with Gasteiger partial charge in [-0.2, -0.15) is 4.99 Å². The van der Waals surface area contributed by atoms with E-state index in [0.717, 1.165) is 11.3 Å². The summed E-state index contributed by atoms with van der Waals surface area (Å²) in [7, 11) is 0. The van der Waals surface area contributed by atoms with Gasteiger partial charge in [0.15, 0.2) is 0 Å². The molecule has 2 aliphatic rings. The van der Waals surface area contributed by atoms with Crippen LogP contribution in [0.1, 0.15) is 33.8 Å². The lowest BCUT2D eigenvalue weighted by molar-refractivity contribution is -0.140. The molecule has 0 saturated heterocycles. The maximum absolute atomic E-state index is 12.3. The molecule has 31 heavy (non-hydrogen) atoms. The van der Waals surface area contributed by atoms with Crippen LogP contribution in [-0.2, 0) is 20.8 Å². The number of amidine groups is 1. The first-order valence-electron chi connectivity index (χ1n) is 9.42. The van der Waals surface area contributed by atoms with E-state index in [1.807, 2.05) is 0 Å². The molecule has 0 bridgehead atoms. The van der Waals surface area contributed by atoms with Crippen LogP contribution < -0.4 is 16.4 Å². The third-order valence-corrected chi connectivity index (χ3v) is 7.20. The van der Waals surface area contributed by atoms with E-state index < -0.39 is 29.1 Å². The number of aliphatic carboxylic acids is 2. The van der Waals surface area contributed by atoms with Crippen LogP contribution in [0, 0.1) is 0 Å². The Labute approximate surface area is 185 Å². The Balaban J connectivity index is 1.53. The van der Waals surface area contributed by atoms with Crippen LogP contribution in [0.5, 0.6) is 0 Å². The standard InChI is InChI=1S/C18H21N5O6S2/c19-18-22-14-13(16(27)23-18)31-9(7-20-14)2-1-8-3-5-11(30-8)15(26)21-10(17(28)29)4-6-12(24)25/h3,5,9-10,13H,1-2,4,6-7H2,(H,21,26)(H,24,25)(H,28,29)(H3,19,20,22,23,27)/t9-,10+,13?/m1/s1. The van der Waals surface area contributed by atoms with Crippen molar-refractivity contribution in [2.75, 3.05) is 6.54 Å². The van der Waals surface area contributed by atoms with Gasteiger partial charge in [0.25, 0.3) is 5.91 Å². The number of carbonyl (C=O) groups excluding carboxylic acids is 2. The normalized spacial score (nSPS) is 21.2. The average molecular weight is 468 g/mol. The third kappa shape index (κ3) is 6.04. The minimum atomic E-state index is -1.28.